The first kappa shape index (κ1) is 15.1. The zero-order chi connectivity index (χ0) is 13.4. The van der Waals surface area contributed by atoms with Crippen LogP contribution in [0.2, 0.25) is 0 Å². The van der Waals surface area contributed by atoms with E-state index in [1.165, 1.54) is 0 Å². The molecule has 0 radical (unpaired) electrons. The van der Waals surface area contributed by atoms with Crippen molar-refractivity contribution in [3.63, 3.8) is 0 Å². The zero-order valence-corrected chi connectivity index (χ0v) is 11.8. The quantitative estimate of drug-likeness (QED) is 0.578. The maximum atomic E-state index is 12.1. The summed E-state index contributed by atoms with van der Waals surface area (Å²) in [6.45, 7) is 3.69. The van der Waals surface area contributed by atoms with E-state index in [9.17, 15) is 4.21 Å². The molecule has 1 aromatic carbocycles. The fourth-order valence-corrected chi connectivity index (χ4v) is 2.81. The summed E-state index contributed by atoms with van der Waals surface area (Å²) in [6, 6.07) is 5.53. The van der Waals surface area contributed by atoms with E-state index in [0.29, 0.717) is 31.3 Å². The van der Waals surface area contributed by atoms with Gasteiger partial charge in [0, 0.05) is 30.1 Å². The largest absolute Gasteiger partial charge is 0.398 e. The van der Waals surface area contributed by atoms with E-state index in [1.807, 2.05) is 25.1 Å². The third kappa shape index (κ3) is 4.76. The standard InChI is InChI=1S/C13H21NO3S/c1-11-12(14)5-3-6-13(11)18(15)10-4-7-17-9-8-16-2/h3,5-6H,4,7-10,14H2,1-2H3. The summed E-state index contributed by atoms with van der Waals surface area (Å²) in [5.74, 6) is 0.595. The van der Waals surface area contributed by atoms with Gasteiger partial charge in [-0.15, -0.1) is 0 Å². The highest BCUT2D eigenvalue weighted by atomic mass is 32.2. The van der Waals surface area contributed by atoms with Crippen LogP contribution in [0.4, 0.5) is 5.69 Å². The molecule has 1 atom stereocenters. The third-order valence-corrected chi connectivity index (χ3v) is 4.21. The molecule has 4 nitrogen and oxygen atoms in total. The Morgan fingerprint density at radius 1 is 1.28 bits per heavy atom. The Labute approximate surface area is 111 Å². The van der Waals surface area contributed by atoms with Gasteiger partial charge in [-0.1, -0.05) is 6.07 Å². The number of anilines is 1. The number of hydrogen-bond acceptors (Lipinski definition) is 4. The van der Waals surface area contributed by atoms with Crippen molar-refractivity contribution in [2.24, 2.45) is 0 Å². The lowest BCUT2D eigenvalue weighted by molar-refractivity contribution is 0.0713. The molecule has 0 aromatic heterocycles. The minimum absolute atomic E-state index is 0.584. The molecule has 0 amide bonds. The van der Waals surface area contributed by atoms with Crippen LogP contribution in [0.1, 0.15) is 12.0 Å². The lowest BCUT2D eigenvalue weighted by atomic mass is 10.2. The number of rotatable bonds is 8. The van der Waals surface area contributed by atoms with Crippen LogP contribution in [-0.4, -0.2) is 36.9 Å². The minimum Gasteiger partial charge on any atom is -0.398 e. The van der Waals surface area contributed by atoms with Crippen molar-refractivity contribution in [3.05, 3.63) is 23.8 Å². The molecule has 0 spiro atoms. The predicted molar refractivity (Wildman–Crippen MR) is 74.2 cm³/mol. The second kappa shape index (κ2) is 8.24. The highest BCUT2D eigenvalue weighted by Gasteiger charge is 2.08. The second-order valence-electron chi connectivity index (χ2n) is 3.98. The molecule has 102 valence electrons. The molecular formula is C13H21NO3S. The maximum Gasteiger partial charge on any atom is 0.0700 e. The van der Waals surface area contributed by atoms with Gasteiger partial charge in [0.25, 0.3) is 0 Å². The lowest BCUT2D eigenvalue weighted by Crippen LogP contribution is -2.07. The molecule has 5 heteroatoms. The Bertz CT molecular complexity index is 396. The smallest absolute Gasteiger partial charge is 0.0700 e. The fourth-order valence-electron chi connectivity index (χ4n) is 1.52. The van der Waals surface area contributed by atoms with Gasteiger partial charge in [-0.25, -0.2) is 0 Å². The number of hydrogen-bond donors (Lipinski definition) is 1. The Kier molecular flexibility index (Phi) is 6.93. The summed E-state index contributed by atoms with van der Waals surface area (Å²) < 4.78 is 22.3. The molecule has 2 N–H and O–H groups in total. The number of methoxy groups -OCH3 is 1. The van der Waals surface area contributed by atoms with Crippen molar-refractivity contribution in [3.8, 4) is 0 Å². The van der Waals surface area contributed by atoms with Crippen molar-refractivity contribution in [1.82, 2.24) is 0 Å². The van der Waals surface area contributed by atoms with E-state index in [4.69, 9.17) is 15.2 Å². The van der Waals surface area contributed by atoms with Gasteiger partial charge >= 0.3 is 0 Å². The molecule has 1 rings (SSSR count). The van der Waals surface area contributed by atoms with Crippen molar-refractivity contribution >= 4 is 16.5 Å². The van der Waals surface area contributed by atoms with Gasteiger partial charge < -0.3 is 15.2 Å². The molecule has 1 unspecified atom stereocenters. The topological polar surface area (TPSA) is 61.5 Å². The van der Waals surface area contributed by atoms with Crippen molar-refractivity contribution in [2.75, 3.05) is 38.4 Å². The lowest BCUT2D eigenvalue weighted by Gasteiger charge is -2.08. The fraction of sp³-hybridized carbons (Fsp3) is 0.538. The zero-order valence-electron chi connectivity index (χ0n) is 11.0. The van der Waals surface area contributed by atoms with Gasteiger partial charge in [0.05, 0.1) is 24.0 Å². The van der Waals surface area contributed by atoms with Gasteiger partial charge in [-0.05, 0) is 31.0 Å². The average molecular weight is 271 g/mol. The summed E-state index contributed by atoms with van der Waals surface area (Å²) in [6.07, 6.45) is 0.768. The summed E-state index contributed by atoms with van der Waals surface area (Å²) >= 11 is 0. The number of benzene rings is 1. The van der Waals surface area contributed by atoms with Crippen LogP contribution in [-0.2, 0) is 20.3 Å². The SMILES string of the molecule is COCCOCCCS(=O)c1cccc(N)c1C. The van der Waals surface area contributed by atoms with E-state index in [-0.39, 0.29) is 0 Å². The molecule has 0 aliphatic heterocycles. The van der Waals surface area contributed by atoms with Crippen molar-refractivity contribution in [2.45, 2.75) is 18.2 Å². The Morgan fingerprint density at radius 3 is 2.78 bits per heavy atom. The van der Waals surface area contributed by atoms with Crippen LogP contribution in [0.15, 0.2) is 23.1 Å². The molecule has 18 heavy (non-hydrogen) atoms. The molecule has 0 heterocycles. The summed E-state index contributed by atoms with van der Waals surface area (Å²) in [4.78, 5) is 0.826. The summed E-state index contributed by atoms with van der Waals surface area (Å²) in [7, 11) is 0.636. The molecule has 0 saturated heterocycles. The van der Waals surface area contributed by atoms with E-state index < -0.39 is 10.8 Å². The number of nitrogen functional groups attached to an aromatic ring is 1. The molecule has 0 saturated carbocycles. The maximum absolute atomic E-state index is 12.1. The van der Waals surface area contributed by atoms with Gasteiger partial charge in [0.1, 0.15) is 0 Å². The molecule has 0 aliphatic rings. The van der Waals surface area contributed by atoms with Gasteiger partial charge in [-0.3, -0.25) is 4.21 Å². The highest BCUT2D eigenvalue weighted by Crippen LogP contribution is 2.19. The van der Waals surface area contributed by atoms with Crippen molar-refractivity contribution < 1.29 is 13.7 Å². The first-order valence-corrected chi connectivity index (χ1v) is 7.29. The predicted octanol–water partition coefficient (Wildman–Crippen LogP) is 1.74. The second-order valence-corrected chi connectivity index (χ2v) is 5.52. The normalized spacial score (nSPS) is 12.6. The van der Waals surface area contributed by atoms with Gasteiger partial charge in [-0.2, -0.15) is 0 Å². The minimum atomic E-state index is -1.00. The van der Waals surface area contributed by atoms with E-state index in [0.717, 1.165) is 16.9 Å². The Hall–Kier alpha value is -0.910. The van der Waals surface area contributed by atoms with E-state index in [2.05, 4.69) is 0 Å². The van der Waals surface area contributed by atoms with Crippen LogP contribution in [0.5, 0.6) is 0 Å². The molecular weight excluding hydrogens is 250 g/mol. The van der Waals surface area contributed by atoms with E-state index in [1.54, 1.807) is 7.11 Å². The monoisotopic (exact) mass is 271 g/mol. The molecule has 1 aromatic rings. The van der Waals surface area contributed by atoms with Crippen LogP contribution >= 0.6 is 0 Å². The van der Waals surface area contributed by atoms with Crippen molar-refractivity contribution in [1.29, 1.82) is 0 Å². The molecule has 0 fully saturated rings. The molecule has 0 bridgehead atoms. The highest BCUT2D eigenvalue weighted by molar-refractivity contribution is 7.85. The summed E-state index contributed by atoms with van der Waals surface area (Å²) in [5, 5.41) is 0. The number of nitrogens with two attached hydrogens (primary N) is 1. The first-order valence-electron chi connectivity index (χ1n) is 5.97. The Balaban J connectivity index is 2.35. The molecule has 0 aliphatic carbocycles. The van der Waals surface area contributed by atoms with E-state index >= 15 is 0 Å². The van der Waals surface area contributed by atoms with Gasteiger partial charge in [0.15, 0.2) is 0 Å². The van der Waals surface area contributed by atoms with Crippen LogP contribution in [0, 0.1) is 6.92 Å². The van der Waals surface area contributed by atoms with Gasteiger partial charge in [0.2, 0.25) is 0 Å². The average Bonchev–Trinajstić information content (AvgIpc) is 2.36. The van der Waals surface area contributed by atoms with Crippen LogP contribution in [0.25, 0.3) is 0 Å². The third-order valence-electron chi connectivity index (χ3n) is 2.62. The summed E-state index contributed by atoms with van der Waals surface area (Å²) in [5.41, 5.74) is 7.40. The number of ether oxygens (including phenoxy) is 2. The Morgan fingerprint density at radius 2 is 2.06 bits per heavy atom. The first-order chi connectivity index (χ1) is 8.66. The van der Waals surface area contributed by atoms with Crippen LogP contribution < -0.4 is 5.73 Å². The van der Waals surface area contributed by atoms with Crippen LogP contribution in [0.3, 0.4) is 0 Å².